The summed E-state index contributed by atoms with van der Waals surface area (Å²) in [6, 6.07) is 21.4. The van der Waals surface area contributed by atoms with Gasteiger partial charge in [0.15, 0.2) is 5.82 Å². The highest BCUT2D eigenvalue weighted by atomic mass is 16.1. The van der Waals surface area contributed by atoms with E-state index in [-0.39, 0.29) is 5.91 Å². The van der Waals surface area contributed by atoms with E-state index in [9.17, 15) is 4.79 Å². The van der Waals surface area contributed by atoms with Crippen LogP contribution in [-0.4, -0.2) is 25.5 Å². The molecule has 0 spiro atoms. The number of aryl methyl sites for hydroxylation is 1. The van der Waals surface area contributed by atoms with Crippen molar-refractivity contribution in [3.05, 3.63) is 96.0 Å². The van der Waals surface area contributed by atoms with Crippen LogP contribution >= 0.6 is 0 Å². The highest BCUT2D eigenvalue weighted by Crippen LogP contribution is 2.19. The zero-order valence-corrected chi connectivity index (χ0v) is 16.3. The van der Waals surface area contributed by atoms with Crippen molar-refractivity contribution in [3.8, 4) is 11.4 Å². The Morgan fingerprint density at radius 3 is 2.24 bits per heavy atom. The second kappa shape index (κ2) is 7.98. The highest BCUT2D eigenvalue weighted by Gasteiger charge is 2.11. The van der Waals surface area contributed by atoms with Crippen LogP contribution in [0.5, 0.6) is 0 Å². The number of hydrogen-bond donors (Lipinski definition) is 1. The Kier molecular flexibility index (Phi) is 5.07. The third-order valence-electron chi connectivity index (χ3n) is 4.61. The molecule has 0 fully saturated rings. The van der Waals surface area contributed by atoms with Crippen molar-refractivity contribution in [1.82, 2.24) is 19.6 Å². The van der Waals surface area contributed by atoms with Crippen LogP contribution < -0.4 is 5.32 Å². The molecule has 29 heavy (non-hydrogen) atoms. The molecule has 0 bridgehead atoms. The summed E-state index contributed by atoms with van der Waals surface area (Å²) in [6.45, 7) is 3.93. The lowest BCUT2D eigenvalue weighted by atomic mass is 10.2. The maximum Gasteiger partial charge on any atom is 0.249 e. The van der Waals surface area contributed by atoms with Gasteiger partial charge in [0.1, 0.15) is 0 Å². The third kappa shape index (κ3) is 4.01. The van der Waals surface area contributed by atoms with E-state index in [1.54, 1.807) is 16.8 Å². The largest absolute Gasteiger partial charge is 0.306 e. The van der Waals surface area contributed by atoms with Gasteiger partial charge in [0.2, 0.25) is 5.91 Å². The van der Waals surface area contributed by atoms with Crippen LogP contribution in [0.3, 0.4) is 0 Å². The first-order valence-corrected chi connectivity index (χ1v) is 9.33. The standard InChI is InChI=1S/C23H21N5O/c1-17-21(18(2)28(25-17)20-11-7-4-8-12-20)13-14-23(29)24-22-15-16-27(26-22)19-9-5-3-6-10-19/h3-16H,1-2H3,(H,24,26,29)/b14-13+. The van der Waals surface area contributed by atoms with Crippen molar-refractivity contribution >= 4 is 17.8 Å². The van der Waals surface area contributed by atoms with Crippen molar-refractivity contribution in [2.75, 3.05) is 5.32 Å². The van der Waals surface area contributed by atoms with Gasteiger partial charge in [0.05, 0.1) is 17.1 Å². The number of anilines is 1. The normalized spacial score (nSPS) is 11.1. The predicted molar refractivity (Wildman–Crippen MR) is 114 cm³/mol. The van der Waals surface area contributed by atoms with Gasteiger partial charge in [-0.2, -0.15) is 10.2 Å². The molecule has 0 saturated heterocycles. The average molecular weight is 383 g/mol. The monoisotopic (exact) mass is 383 g/mol. The van der Waals surface area contributed by atoms with Crippen LogP contribution in [-0.2, 0) is 4.79 Å². The Morgan fingerprint density at radius 1 is 0.897 bits per heavy atom. The summed E-state index contributed by atoms with van der Waals surface area (Å²) >= 11 is 0. The summed E-state index contributed by atoms with van der Waals surface area (Å²) in [5.41, 5.74) is 4.69. The first-order chi connectivity index (χ1) is 14.1. The van der Waals surface area contributed by atoms with Gasteiger partial charge in [-0.25, -0.2) is 9.36 Å². The molecule has 0 unspecified atom stereocenters. The summed E-state index contributed by atoms with van der Waals surface area (Å²) in [6.07, 6.45) is 5.11. The SMILES string of the molecule is Cc1nn(-c2ccccc2)c(C)c1/C=C/C(=O)Nc1ccn(-c2ccccc2)n1. The Morgan fingerprint density at radius 2 is 1.55 bits per heavy atom. The van der Waals surface area contributed by atoms with E-state index in [0.29, 0.717) is 5.82 Å². The molecule has 6 nitrogen and oxygen atoms in total. The molecule has 0 aliphatic heterocycles. The Bertz CT molecular complexity index is 1160. The molecular formula is C23H21N5O. The van der Waals surface area contributed by atoms with E-state index in [1.807, 2.05) is 85.4 Å². The number of rotatable bonds is 5. The number of nitrogens with zero attached hydrogens (tertiary/aromatic N) is 4. The molecule has 2 heterocycles. The van der Waals surface area contributed by atoms with Gasteiger partial charge < -0.3 is 5.32 Å². The van der Waals surface area contributed by atoms with Gasteiger partial charge in [-0.3, -0.25) is 4.79 Å². The van der Waals surface area contributed by atoms with E-state index in [1.165, 1.54) is 6.08 Å². The van der Waals surface area contributed by atoms with Gasteiger partial charge in [0, 0.05) is 29.6 Å². The summed E-state index contributed by atoms with van der Waals surface area (Å²) in [5, 5.41) is 11.8. The van der Waals surface area contributed by atoms with Crippen molar-refractivity contribution in [1.29, 1.82) is 0 Å². The molecule has 0 aliphatic rings. The molecule has 4 rings (SSSR count). The molecule has 6 heteroatoms. The van der Waals surface area contributed by atoms with Gasteiger partial charge >= 0.3 is 0 Å². The summed E-state index contributed by atoms with van der Waals surface area (Å²) in [7, 11) is 0. The third-order valence-corrected chi connectivity index (χ3v) is 4.61. The number of carbonyl (C=O) groups is 1. The molecule has 1 amide bonds. The van der Waals surface area contributed by atoms with Crippen LogP contribution in [0.4, 0.5) is 5.82 Å². The topological polar surface area (TPSA) is 64.7 Å². The predicted octanol–water partition coefficient (Wildman–Crippen LogP) is 4.33. The summed E-state index contributed by atoms with van der Waals surface area (Å²) < 4.78 is 3.60. The van der Waals surface area contributed by atoms with Crippen molar-refractivity contribution in [2.24, 2.45) is 0 Å². The van der Waals surface area contributed by atoms with Crippen molar-refractivity contribution in [3.63, 3.8) is 0 Å². The van der Waals surface area contributed by atoms with E-state index in [2.05, 4.69) is 15.5 Å². The van der Waals surface area contributed by atoms with Gasteiger partial charge in [-0.15, -0.1) is 0 Å². The molecular weight excluding hydrogens is 362 g/mol. The molecule has 0 radical (unpaired) electrons. The minimum atomic E-state index is -0.241. The molecule has 4 aromatic rings. The van der Waals surface area contributed by atoms with Crippen molar-refractivity contribution < 1.29 is 4.79 Å². The van der Waals surface area contributed by atoms with E-state index >= 15 is 0 Å². The minimum absolute atomic E-state index is 0.241. The second-order valence-electron chi connectivity index (χ2n) is 6.64. The fourth-order valence-corrected chi connectivity index (χ4v) is 3.16. The van der Waals surface area contributed by atoms with Crippen LogP contribution in [0.25, 0.3) is 17.5 Å². The fraction of sp³-hybridized carbons (Fsp3) is 0.0870. The molecule has 0 saturated carbocycles. The molecule has 2 aromatic carbocycles. The fourth-order valence-electron chi connectivity index (χ4n) is 3.16. The van der Waals surface area contributed by atoms with Crippen LogP contribution in [0.2, 0.25) is 0 Å². The van der Waals surface area contributed by atoms with E-state index < -0.39 is 0 Å². The first-order valence-electron chi connectivity index (χ1n) is 9.33. The minimum Gasteiger partial charge on any atom is -0.306 e. The Balaban J connectivity index is 1.48. The van der Waals surface area contributed by atoms with Gasteiger partial charge in [0.25, 0.3) is 0 Å². The van der Waals surface area contributed by atoms with Gasteiger partial charge in [-0.05, 0) is 44.2 Å². The van der Waals surface area contributed by atoms with Crippen LogP contribution in [0.1, 0.15) is 17.0 Å². The first kappa shape index (κ1) is 18.4. The molecule has 144 valence electrons. The van der Waals surface area contributed by atoms with Crippen molar-refractivity contribution in [2.45, 2.75) is 13.8 Å². The zero-order valence-electron chi connectivity index (χ0n) is 16.3. The number of amides is 1. The van der Waals surface area contributed by atoms with E-state index in [0.717, 1.165) is 28.3 Å². The highest BCUT2D eigenvalue weighted by molar-refractivity contribution is 6.01. The maximum absolute atomic E-state index is 12.4. The number of aromatic nitrogens is 4. The quantitative estimate of drug-likeness (QED) is 0.522. The number of benzene rings is 2. The number of nitrogens with one attached hydrogen (secondary N) is 1. The number of carbonyl (C=O) groups excluding carboxylic acids is 1. The lowest BCUT2D eigenvalue weighted by molar-refractivity contribution is -0.111. The van der Waals surface area contributed by atoms with E-state index in [4.69, 9.17) is 0 Å². The summed E-state index contributed by atoms with van der Waals surface area (Å²) in [5.74, 6) is 0.256. The number of para-hydroxylation sites is 2. The molecule has 0 aliphatic carbocycles. The molecule has 0 atom stereocenters. The van der Waals surface area contributed by atoms with Crippen LogP contribution in [0, 0.1) is 13.8 Å². The lowest BCUT2D eigenvalue weighted by Gasteiger charge is -2.03. The van der Waals surface area contributed by atoms with Crippen LogP contribution in [0.15, 0.2) is 79.0 Å². The average Bonchev–Trinajstić information content (AvgIpc) is 3.32. The maximum atomic E-state index is 12.4. The zero-order chi connectivity index (χ0) is 20.2. The summed E-state index contributed by atoms with van der Waals surface area (Å²) in [4.78, 5) is 12.4. The second-order valence-corrected chi connectivity index (χ2v) is 6.64. The molecule has 2 aromatic heterocycles. The Hall–Kier alpha value is -3.93. The number of hydrogen-bond acceptors (Lipinski definition) is 3. The Labute approximate surface area is 169 Å². The van der Waals surface area contributed by atoms with Gasteiger partial charge in [-0.1, -0.05) is 36.4 Å². The smallest absolute Gasteiger partial charge is 0.249 e. The molecule has 1 N–H and O–H groups in total. The lowest BCUT2D eigenvalue weighted by Crippen LogP contribution is -2.09.